The highest BCUT2D eigenvalue weighted by molar-refractivity contribution is 5.78. The van der Waals surface area contributed by atoms with Crippen molar-refractivity contribution < 1.29 is 4.79 Å². The van der Waals surface area contributed by atoms with Gasteiger partial charge < -0.3 is 15.5 Å². The van der Waals surface area contributed by atoms with Crippen LogP contribution in [0.1, 0.15) is 13.3 Å². The number of carbonyl (C=O) groups is 1. The highest BCUT2D eigenvalue weighted by atomic mass is 16.2. The molecule has 2 unspecified atom stereocenters. The Morgan fingerprint density at radius 2 is 2.21 bits per heavy atom. The Balaban J connectivity index is 2.42. The van der Waals surface area contributed by atoms with Gasteiger partial charge in [-0.1, -0.05) is 6.92 Å². The van der Waals surface area contributed by atoms with Gasteiger partial charge in [0.2, 0.25) is 5.91 Å². The van der Waals surface area contributed by atoms with Crippen LogP contribution < -0.4 is 5.73 Å². The molecular formula is C10H21N3O. The van der Waals surface area contributed by atoms with Crippen molar-refractivity contribution >= 4 is 5.91 Å². The van der Waals surface area contributed by atoms with E-state index in [4.69, 9.17) is 5.73 Å². The van der Waals surface area contributed by atoms with Gasteiger partial charge in [-0.15, -0.1) is 0 Å². The van der Waals surface area contributed by atoms with Crippen LogP contribution in [0, 0.1) is 5.92 Å². The lowest BCUT2D eigenvalue weighted by atomic mass is 9.95. The summed E-state index contributed by atoms with van der Waals surface area (Å²) in [6.07, 6.45) is 0.931. The first-order valence-corrected chi connectivity index (χ1v) is 5.18. The molecule has 82 valence electrons. The second-order valence-electron chi connectivity index (χ2n) is 4.51. The lowest BCUT2D eigenvalue weighted by Gasteiger charge is -2.35. The third-order valence-corrected chi connectivity index (χ3v) is 2.78. The van der Waals surface area contributed by atoms with Crippen LogP contribution in [0.15, 0.2) is 0 Å². The molecule has 2 atom stereocenters. The number of likely N-dealkylation sites (tertiary alicyclic amines) is 1. The average molecular weight is 199 g/mol. The van der Waals surface area contributed by atoms with E-state index in [0.717, 1.165) is 19.5 Å². The van der Waals surface area contributed by atoms with E-state index < -0.39 is 0 Å². The maximum Gasteiger partial charge on any atom is 0.236 e. The van der Waals surface area contributed by atoms with E-state index in [1.807, 2.05) is 23.9 Å². The van der Waals surface area contributed by atoms with Gasteiger partial charge in [0.25, 0.3) is 0 Å². The van der Waals surface area contributed by atoms with Gasteiger partial charge in [0.05, 0.1) is 6.54 Å². The molecule has 1 aliphatic heterocycles. The normalized spacial score (nSPS) is 28.2. The van der Waals surface area contributed by atoms with Crippen molar-refractivity contribution in [3.63, 3.8) is 0 Å². The SMILES string of the molecule is CC1CN(C(=O)CN(C)C)CCC1N. The van der Waals surface area contributed by atoms with Crippen LogP contribution in [0.2, 0.25) is 0 Å². The van der Waals surface area contributed by atoms with Crippen molar-refractivity contribution in [2.45, 2.75) is 19.4 Å². The van der Waals surface area contributed by atoms with E-state index in [9.17, 15) is 4.79 Å². The molecule has 0 aromatic heterocycles. The standard InChI is InChI=1S/C10H21N3O/c1-8-6-13(5-4-9(8)11)10(14)7-12(2)3/h8-9H,4-7,11H2,1-3H3. The topological polar surface area (TPSA) is 49.6 Å². The van der Waals surface area contributed by atoms with Crippen molar-refractivity contribution in [1.29, 1.82) is 0 Å². The first kappa shape index (κ1) is 11.5. The monoisotopic (exact) mass is 199 g/mol. The van der Waals surface area contributed by atoms with Crippen LogP contribution in [0.25, 0.3) is 0 Å². The molecule has 1 aliphatic rings. The lowest BCUT2D eigenvalue weighted by molar-refractivity contribution is -0.133. The van der Waals surface area contributed by atoms with Gasteiger partial charge in [-0.05, 0) is 26.4 Å². The quantitative estimate of drug-likeness (QED) is 0.667. The number of nitrogens with zero attached hydrogens (tertiary/aromatic N) is 2. The average Bonchev–Trinajstić information content (AvgIpc) is 2.08. The number of amides is 1. The Bertz CT molecular complexity index is 206. The molecule has 4 nitrogen and oxygen atoms in total. The van der Waals surface area contributed by atoms with E-state index in [1.54, 1.807) is 0 Å². The van der Waals surface area contributed by atoms with Crippen molar-refractivity contribution in [3.05, 3.63) is 0 Å². The molecule has 0 aliphatic carbocycles. The number of likely N-dealkylation sites (N-methyl/N-ethyl adjacent to an activating group) is 1. The third kappa shape index (κ3) is 2.96. The summed E-state index contributed by atoms with van der Waals surface area (Å²) in [7, 11) is 3.83. The molecule has 2 N–H and O–H groups in total. The Hall–Kier alpha value is -0.610. The molecule has 0 spiro atoms. The molecular weight excluding hydrogens is 178 g/mol. The van der Waals surface area contributed by atoms with E-state index >= 15 is 0 Å². The first-order valence-electron chi connectivity index (χ1n) is 5.18. The lowest BCUT2D eigenvalue weighted by Crippen LogP contribution is -2.50. The van der Waals surface area contributed by atoms with Gasteiger partial charge in [0, 0.05) is 19.1 Å². The smallest absolute Gasteiger partial charge is 0.236 e. The highest BCUT2D eigenvalue weighted by Crippen LogP contribution is 2.14. The molecule has 1 amide bonds. The van der Waals surface area contributed by atoms with Crippen LogP contribution in [-0.4, -0.2) is 55.5 Å². The number of carbonyl (C=O) groups excluding carboxylic acids is 1. The first-order chi connectivity index (χ1) is 6.50. The molecule has 0 saturated carbocycles. The van der Waals surface area contributed by atoms with Crippen LogP contribution in [0.3, 0.4) is 0 Å². The van der Waals surface area contributed by atoms with Gasteiger partial charge in [0.15, 0.2) is 0 Å². The summed E-state index contributed by atoms with van der Waals surface area (Å²) in [6.45, 7) is 4.24. The predicted octanol–water partition coefficient (Wildman–Crippen LogP) is -0.256. The summed E-state index contributed by atoms with van der Waals surface area (Å²) in [5.74, 6) is 0.642. The zero-order valence-corrected chi connectivity index (χ0v) is 9.36. The van der Waals surface area contributed by atoms with Crippen molar-refractivity contribution in [2.75, 3.05) is 33.7 Å². The summed E-state index contributed by atoms with van der Waals surface area (Å²) in [4.78, 5) is 15.5. The maximum atomic E-state index is 11.7. The second-order valence-corrected chi connectivity index (χ2v) is 4.51. The van der Waals surface area contributed by atoms with Gasteiger partial charge in [0.1, 0.15) is 0 Å². The zero-order chi connectivity index (χ0) is 10.7. The fraction of sp³-hybridized carbons (Fsp3) is 0.900. The maximum absolute atomic E-state index is 11.7. The minimum atomic E-state index is 0.216. The number of rotatable bonds is 2. The Labute approximate surface area is 86.0 Å². The minimum absolute atomic E-state index is 0.216. The van der Waals surface area contributed by atoms with Crippen molar-refractivity contribution in [1.82, 2.24) is 9.80 Å². The Morgan fingerprint density at radius 1 is 1.57 bits per heavy atom. The molecule has 1 fully saturated rings. The Kier molecular flexibility index (Phi) is 3.89. The minimum Gasteiger partial charge on any atom is -0.341 e. The summed E-state index contributed by atoms with van der Waals surface area (Å²) in [5, 5.41) is 0. The molecule has 0 radical (unpaired) electrons. The molecule has 0 aromatic carbocycles. The van der Waals surface area contributed by atoms with Crippen molar-refractivity contribution in [2.24, 2.45) is 11.7 Å². The summed E-state index contributed by atoms with van der Waals surface area (Å²) >= 11 is 0. The predicted molar refractivity (Wildman–Crippen MR) is 56.9 cm³/mol. The van der Waals surface area contributed by atoms with Crippen LogP contribution in [0.4, 0.5) is 0 Å². The molecule has 14 heavy (non-hydrogen) atoms. The number of nitrogens with two attached hydrogens (primary N) is 1. The van der Waals surface area contributed by atoms with E-state index in [2.05, 4.69) is 6.92 Å². The second kappa shape index (κ2) is 4.75. The number of piperidine rings is 1. The fourth-order valence-electron chi connectivity index (χ4n) is 1.76. The number of hydrogen-bond donors (Lipinski definition) is 1. The van der Waals surface area contributed by atoms with E-state index in [1.165, 1.54) is 0 Å². The molecule has 1 heterocycles. The zero-order valence-electron chi connectivity index (χ0n) is 9.36. The molecule has 0 bridgehead atoms. The molecule has 1 saturated heterocycles. The van der Waals surface area contributed by atoms with Gasteiger partial charge in [-0.2, -0.15) is 0 Å². The van der Waals surface area contributed by atoms with Crippen LogP contribution in [-0.2, 0) is 4.79 Å². The van der Waals surface area contributed by atoms with Crippen LogP contribution in [0.5, 0.6) is 0 Å². The van der Waals surface area contributed by atoms with E-state index in [0.29, 0.717) is 12.5 Å². The third-order valence-electron chi connectivity index (χ3n) is 2.78. The van der Waals surface area contributed by atoms with Gasteiger partial charge in [-0.3, -0.25) is 4.79 Å². The van der Waals surface area contributed by atoms with Gasteiger partial charge in [-0.25, -0.2) is 0 Å². The Morgan fingerprint density at radius 3 is 2.71 bits per heavy atom. The molecule has 0 aromatic rings. The molecule has 4 heteroatoms. The summed E-state index contributed by atoms with van der Waals surface area (Å²) in [6, 6.07) is 0.262. The largest absolute Gasteiger partial charge is 0.341 e. The van der Waals surface area contributed by atoms with E-state index in [-0.39, 0.29) is 11.9 Å². The number of hydrogen-bond acceptors (Lipinski definition) is 3. The highest BCUT2D eigenvalue weighted by Gasteiger charge is 2.25. The molecule has 1 rings (SSSR count). The summed E-state index contributed by atoms with van der Waals surface area (Å²) < 4.78 is 0. The van der Waals surface area contributed by atoms with Gasteiger partial charge >= 0.3 is 0 Å². The van der Waals surface area contributed by atoms with Crippen LogP contribution >= 0.6 is 0 Å². The van der Waals surface area contributed by atoms with Crippen molar-refractivity contribution in [3.8, 4) is 0 Å². The summed E-state index contributed by atoms with van der Waals surface area (Å²) in [5.41, 5.74) is 5.89. The fourth-order valence-corrected chi connectivity index (χ4v) is 1.76.